The van der Waals surface area contributed by atoms with E-state index in [0.717, 1.165) is 33.8 Å². The van der Waals surface area contributed by atoms with Crippen molar-refractivity contribution in [2.45, 2.75) is 0 Å². The van der Waals surface area contributed by atoms with Gasteiger partial charge >= 0.3 is 0 Å². The van der Waals surface area contributed by atoms with Crippen LogP contribution >= 0.6 is 11.6 Å². The second kappa shape index (κ2) is 6.37. The first-order valence-electron chi connectivity index (χ1n) is 8.48. The molecule has 0 N–H and O–H groups in total. The standard InChI is InChI=1S/C21H14ClN5/c22-17-8-6-15(7-9-17)18-13-24-27-20(26-11-10-23-14-26)12-19(25-21(18)27)16-4-2-1-3-5-16/h1-14H. The molecule has 3 heterocycles. The van der Waals surface area contributed by atoms with E-state index in [4.69, 9.17) is 16.6 Å². The molecule has 0 unspecified atom stereocenters. The third kappa shape index (κ3) is 2.78. The average molecular weight is 372 g/mol. The van der Waals surface area contributed by atoms with Gasteiger partial charge < -0.3 is 0 Å². The van der Waals surface area contributed by atoms with Crippen LogP contribution in [-0.4, -0.2) is 24.1 Å². The Morgan fingerprint density at radius 3 is 2.44 bits per heavy atom. The molecule has 5 nitrogen and oxygen atoms in total. The molecule has 3 aromatic heterocycles. The third-order valence-electron chi connectivity index (χ3n) is 4.45. The Hall–Kier alpha value is -3.44. The van der Waals surface area contributed by atoms with Gasteiger partial charge in [0.1, 0.15) is 12.1 Å². The van der Waals surface area contributed by atoms with E-state index in [-0.39, 0.29) is 0 Å². The molecule has 0 atom stereocenters. The predicted octanol–water partition coefficient (Wildman–Crippen LogP) is 4.90. The van der Waals surface area contributed by atoms with Crippen LogP contribution in [0.25, 0.3) is 33.8 Å². The number of hydrogen-bond donors (Lipinski definition) is 0. The summed E-state index contributed by atoms with van der Waals surface area (Å²) in [6, 6.07) is 19.8. The largest absolute Gasteiger partial charge is 0.290 e. The van der Waals surface area contributed by atoms with E-state index in [1.807, 2.05) is 70.0 Å². The van der Waals surface area contributed by atoms with Crippen LogP contribution in [0.4, 0.5) is 0 Å². The minimum atomic E-state index is 0.701. The highest BCUT2D eigenvalue weighted by Crippen LogP contribution is 2.29. The van der Waals surface area contributed by atoms with Crippen LogP contribution < -0.4 is 0 Å². The fraction of sp³-hybridized carbons (Fsp3) is 0. The molecule has 27 heavy (non-hydrogen) atoms. The van der Waals surface area contributed by atoms with Gasteiger partial charge in [-0.1, -0.05) is 54.1 Å². The van der Waals surface area contributed by atoms with E-state index < -0.39 is 0 Å². The molecule has 0 saturated carbocycles. The van der Waals surface area contributed by atoms with E-state index in [1.54, 1.807) is 12.5 Å². The lowest BCUT2D eigenvalue weighted by Crippen LogP contribution is -2.04. The number of hydrogen-bond acceptors (Lipinski definition) is 3. The quantitative estimate of drug-likeness (QED) is 0.453. The van der Waals surface area contributed by atoms with Gasteiger partial charge in [0, 0.05) is 34.6 Å². The maximum Gasteiger partial charge on any atom is 0.165 e. The van der Waals surface area contributed by atoms with Crippen LogP contribution in [0.3, 0.4) is 0 Å². The first-order valence-corrected chi connectivity index (χ1v) is 8.86. The number of fused-ring (bicyclic) bond motifs is 1. The topological polar surface area (TPSA) is 48.0 Å². The van der Waals surface area contributed by atoms with Gasteiger partial charge in [0.2, 0.25) is 0 Å². The summed E-state index contributed by atoms with van der Waals surface area (Å²) in [7, 11) is 0. The number of imidazole rings is 1. The van der Waals surface area contributed by atoms with Gasteiger partial charge in [-0.05, 0) is 17.7 Å². The fourth-order valence-corrected chi connectivity index (χ4v) is 3.24. The lowest BCUT2D eigenvalue weighted by Gasteiger charge is -2.10. The molecule has 0 aliphatic rings. The highest BCUT2D eigenvalue weighted by atomic mass is 35.5. The van der Waals surface area contributed by atoms with Crippen molar-refractivity contribution in [3.8, 4) is 28.2 Å². The Morgan fingerprint density at radius 2 is 1.70 bits per heavy atom. The van der Waals surface area contributed by atoms with Crippen molar-refractivity contribution < 1.29 is 0 Å². The van der Waals surface area contributed by atoms with Crippen molar-refractivity contribution in [3.63, 3.8) is 0 Å². The first-order chi connectivity index (χ1) is 13.3. The molecule has 0 radical (unpaired) electrons. The van der Waals surface area contributed by atoms with Crippen molar-refractivity contribution in [2.24, 2.45) is 0 Å². The van der Waals surface area contributed by atoms with Crippen molar-refractivity contribution in [1.29, 1.82) is 0 Å². The molecule has 0 bridgehead atoms. The molecule has 6 heteroatoms. The van der Waals surface area contributed by atoms with Crippen molar-refractivity contribution >= 4 is 17.2 Å². The number of nitrogens with zero attached hydrogens (tertiary/aromatic N) is 5. The number of aromatic nitrogens is 5. The maximum atomic E-state index is 6.04. The van der Waals surface area contributed by atoms with Gasteiger partial charge in [0.25, 0.3) is 0 Å². The molecule has 0 aliphatic heterocycles. The summed E-state index contributed by atoms with van der Waals surface area (Å²) in [6.45, 7) is 0. The zero-order valence-electron chi connectivity index (χ0n) is 14.2. The molecule has 0 spiro atoms. The Balaban J connectivity index is 1.80. The normalized spacial score (nSPS) is 11.1. The summed E-state index contributed by atoms with van der Waals surface area (Å²) < 4.78 is 3.76. The van der Waals surface area contributed by atoms with E-state index in [2.05, 4.69) is 22.2 Å². The lowest BCUT2D eigenvalue weighted by atomic mass is 10.1. The lowest BCUT2D eigenvalue weighted by molar-refractivity contribution is 0.855. The van der Waals surface area contributed by atoms with E-state index in [0.29, 0.717) is 5.02 Å². The van der Waals surface area contributed by atoms with Crippen LogP contribution in [0.2, 0.25) is 5.02 Å². The average Bonchev–Trinajstić information content (AvgIpc) is 3.39. The number of benzene rings is 2. The van der Waals surface area contributed by atoms with Gasteiger partial charge in [-0.15, -0.1) is 0 Å². The first kappa shape index (κ1) is 15.8. The van der Waals surface area contributed by atoms with Crippen LogP contribution in [0.15, 0.2) is 85.6 Å². The minimum absolute atomic E-state index is 0.701. The van der Waals surface area contributed by atoms with E-state index in [9.17, 15) is 0 Å². The summed E-state index contributed by atoms with van der Waals surface area (Å²) in [5.74, 6) is 0.872. The van der Waals surface area contributed by atoms with Crippen molar-refractivity contribution in [3.05, 3.63) is 90.6 Å². The molecule has 5 aromatic rings. The fourth-order valence-electron chi connectivity index (χ4n) is 3.12. The summed E-state index contributed by atoms with van der Waals surface area (Å²) in [5.41, 5.74) is 4.67. The predicted molar refractivity (Wildman–Crippen MR) is 106 cm³/mol. The van der Waals surface area contributed by atoms with E-state index in [1.165, 1.54) is 0 Å². The van der Waals surface area contributed by atoms with Crippen LogP contribution in [0.5, 0.6) is 0 Å². The zero-order chi connectivity index (χ0) is 18.2. The molecule has 0 saturated heterocycles. The molecule has 2 aromatic carbocycles. The van der Waals surface area contributed by atoms with Gasteiger partial charge in [0.05, 0.1) is 11.9 Å². The molecule has 5 rings (SSSR count). The van der Waals surface area contributed by atoms with Gasteiger partial charge in [-0.25, -0.2) is 9.97 Å². The Morgan fingerprint density at radius 1 is 0.889 bits per heavy atom. The second-order valence-corrected chi connectivity index (χ2v) is 6.57. The molecule has 0 amide bonds. The molecular weight excluding hydrogens is 358 g/mol. The Labute approximate surface area is 160 Å². The Bertz CT molecular complexity index is 1210. The summed E-state index contributed by atoms with van der Waals surface area (Å²) in [4.78, 5) is 9.08. The van der Waals surface area contributed by atoms with E-state index >= 15 is 0 Å². The SMILES string of the molecule is Clc1ccc(-c2cnn3c(-n4ccnc4)cc(-c4ccccc4)nc23)cc1. The third-order valence-corrected chi connectivity index (χ3v) is 4.70. The highest BCUT2D eigenvalue weighted by molar-refractivity contribution is 6.30. The number of rotatable bonds is 3. The monoisotopic (exact) mass is 371 g/mol. The van der Waals surface area contributed by atoms with Crippen molar-refractivity contribution in [1.82, 2.24) is 24.1 Å². The van der Waals surface area contributed by atoms with Crippen LogP contribution in [0.1, 0.15) is 0 Å². The molecular formula is C21H14ClN5. The summed E-state index contributed by atoms with van der Waals surface area (Å²) >= 11 is 6.04. The maximum absolute atomic E-state index is 6.04. The molecule has 0 fully saturated rings. The molecule has 130 valence electrons. The van der Waals surface area contributed by atoms with Gasteiger partial charge in [0.15, 0.2) is 5.65 Å². The summed E-state index contributed by atoms with van der Waals surface area (Å²) in [6.07, 6.45) is 7.24. The second-order valence-electron chi connectivity index (χ2n) is 6.14. The molecule has 0 aliphatic carbocycles. The highest BCUT2D eigenvalue weighted by Gasteiger charge is 2.15. The van der Waals surface area contributed by atoms with Crippen LogP contribution in [-0.2, 0) is 0 Å². The zero-order valence-corrected chi connectivity index (χ0v) is 15.0. The Kier molecular flexibility index (Phi) is 3.73. The van der Waals surface area contributed by atoms with Gasteiger partial charge in [-0.2, -0.15) is 9.61 Å². The van der Waals surface area contributed by atoms with Gasteiger partial charge in [-0.3, -0.25) is 4.57 Å². The van der Waals surface area contributed by atoms with Crippen molar-refractivity contribution in [2.75, 3.05) is 0 Å². The van der Waals surface area contributed by atoms with Crippen LogP contribution in [0, 0.1) is 0 Å². The smallest absolute Gasteiger partial charge is 0.165 e. The minimum Gasteiger partial charge on any atom is -0.290 e. The number of halogens is 1. The summed E-state index contributed by atoms with van der Waals surface area (Å²) in [5, 5.41) is 5.28.